The highest BCUT2D eigenvalue weighted by Gasteiger charge is 2.12. The lowest BCUT2D eigenvalue weighted by atomic mass is 9.87. The van der Waals surface area contributed by atoms with Crippen LogP contribution in [0.1, 0.15) is 26.3 Å². The van der Waals surface area contributed by atoms with E-state index in [9.17, 15) is 0 Å². The summed E-state index contributed by atoms with van der Waals surface area (Å²) in [5.41, 5.74) is 5.57. The Balaban J connectivity index is 2.65. The number of benzene rings is 1. The van der Waals surface area contributed by atoms with Gasteiger partial charge in [0.1, 0.15) is 0 Å². The zero-order valence-electron chi connectivity index (χ0n) is 10.3. The normalized spacial score (nSPS) is 11.9. The van der Waals surface area contributed by atoms with Gasteiger partial charge in [0.25, 0.3) is 0 Å². The van der Waals surface area contributed by atoms with Crippen molar-refractivity contribution in [2.24, 2.45) is 0 Å². The molecule has 84 valence electrons. The molecule has 1 N–H and O–H groups in total. The van der Waals surface area contributed by atoms with Crippen molar-refractivity contribution < 1.29 is 4.53 Å². The van der Waals surface area contributed by atoms with E-state index in [4.69, 9.17) is 4.53 Å². The SMILES string of the molecule is C[SiH](C)ONc1ccc(C(C)(C)C)cc1. The molecule has 0 aliphatic rings. The van der Waals surface area contributed by atoms with Crippen LogP contribution in [-0.2, 0) is 9.94 Å². The van der Waals surface area contributed by atoms with E-state index in [1.54, 1.807) is 0 Å². The maximum atomic E-state index is 5.44. The molecule has 0 aliphatic carbocycles. The molecule has 0 saturated heterocycles. The van der Waals surface area contributed by atoms with Crippen LogP contribution in [0.25, 0.3) is 0 Å². The highest BCUT2D eigenvalue weighted by Crippen LogP contribution is 2.23. The summed E-state index contributed by atoms with van der Waals surface area (Å²) in [6, 6.07) is 8.43. The van der Waals surface area contributed by atoms with Gasteiger partial charge >= 0.3 is 0 Å². The number of hydrogen-bond donors (Lipinski definition) is 1. The summed E-state index contributed by atoms with van der Waals surface area (Å²) < 4.78 is 5.44. The summed E-state index contributed by atoms with van der Waals surface area (Å²) in [5, 5.41) is 0. The van der Waals surface area contributed by atoms with Gasteiger partial charge < -0.3 is 4.53 Å². The molecule has 15 heavy (non-hydrogen) atoms. The van der Waals surface area contributed by atoms with E-state index in [2.05, 4.69) is 63.6 Å². The molecule has 0 radical (unpaired) electrons. The third-order valence-corrected chi connectivity index (χ3v) is 2.75. The highest BCUT2D eigenvalue weighted by atomic mass is 28.3. The predicted molar refractivity (Wildman–Crippen MR) is 68.7 cm³/mol. The zero-order valence-corrected chi connectivity index (χ0v) is 11.4. The van der Waals surface area contributed by atoms with E-state index in [1.165, 1.54) is 5.56 Å². The molecule has 0 unspecified atom stereocenters. The molecular weight excluding hydrogens is 202 g/mol. The van der Waals surface area contributed by atoms with Gasteiger partial charge in [-0.15, -0.1) is 0 Å². The Kier molecular flexibility index (Phi) is 3.94. The van der Waals surface area contributed by atoms with Crippen molar-refractivity contribution in [1.82, 2.24) is 0 Å². The average Bonchev–Trinajstić information content (AvgIpc) is 2.14. The molecule has 0 aromatic heterocycles. The van der Waals surface area contributed by atoms with Gasteiger partial charge in [0.15, 0.2) is 0 Å². The molecule has 1 aromatic carbocycles. The molecule has 0 fully saturated rings. The summed E-state index contributed by atoms with van der Waals surface area (Å²) >= 11 is 0. The second-order valence-corrected chi connectivity index (χ2v) is 7.43. The number of nitrogens with one attached hydrogen (secondary N) is 1. The van der Waals surface area contributed by atoms with Crippen LogP contribution >= 0.6 is 0 Å². The lowest BCUT2D eigenvalue weighted by molar-refractivity contribution is 0.419. The van der Waals surface area contributed by atoms with E-state index >= 15 is 0 Å². The van der Waals surface area contributed by atoms with E-state index in [0.29, 0.717) is 0 Å². The maximum absolute atomic E-state index is 5.44. The quantitative estimate of drug-likeness (QED) is 0.627. The minimum absolute atomic E-state index is 0.214. The molecule has 0 bridgehead atoms. The molecule has 0 spiro atoms. The van der Waals surface area contributed by atoms with Crippen molar-refractivity contribution in [3.8, 4) is 0 Å². The second kappa shape index (κ2) is 4.81. The van der Waals surface area contributed by atoms with Crippen LogP contribution in [0.15, 0.2) is 24.3 Å². The van der Waals surface area contributed by atoms with Crippen LogP contribution in [0, 0.1) is 0 Å². The number of hydrogen-bond acceptors (Lipinski definition) is 2. The van der Waals surface area contributed by atoms with Crippen molar-refractivity contribution in [2.75, 3.05) is 5.48 Å². The van der Waals surface area contributed by atoms with Gasteiger partial charge in [0.2, 0.25) is 9.04 Å². The van der Waals surface area contributed by atoms with Crippen LogP contribution in [0.2, 0.25) is 13.1 Å². The standard InChI is InChI=1S/C12H21NOSi/c1-12(2,3)10-6-8-11(9-7-10)13-14-15(4)5/h6-9,13,15H,1-5H3. The van der Waals surface area contributed by atoms with Gasteiger partial charge in [-0.1, -0.05) is 32.9 Å². The fraction of sp³-hybridized carbons (Fsp3) is 0.500. The van der Waals surface area contributed by atoms with Gasteiger partial charge in [0.05, 0.1) is 5.69 Å². The van der Waals surface area contributed by atoms with E-state index in [1.807, 2.05) is 0 Å². The Hall–Kier alpha value is -0.803. The third-order valence-electron chi connectivity index (χ3n) is 2.16. The van der Waals surface area contributed by atoms with Crippen molar-refractivity contribution in [1.29, 1.82) is 0 Å². The van der Waals surface area contributed by atoms with Gasteiger partial charge in [-0.3, -0.25) is 5.48 Å². The average molecular weight is 223 g/mol. The fourth-order valence-electron chi connectivity index (χ4n) is 1.22. The molecule has 2 nitrogen and oxygen atoms in total. The lowest BCUT2D eigenvalue weighted by Crippen LogP contribution is -2.14. The van der Waals surface area contributed by atoms with E-state index < -0.39 is 9.04 Å². The zero-order chi connectivity index (χ0) is 11.5. The van der Waals surface area contributed by atoms with Gasteiger partial charge in [-0.2, -0.15) is 0 Å². The Bertz CT molecular complexity index is 300. The molecular formula is C12H21NOSi. The molecule has 1 aromatic rings. The Morgan fingerprint density at radius 3 is 2.00 bits per heavy atom. The van der Waals surface area contributed by atoms with Crippen LogP contribution < -0.4 is 5.48 Å². The Labute approximate surface area is 94.3 Å². The summed E-state index contributed by atoms with van der Waals surface area (Å²) in [4.78, 5) is 0. The Morgan fingerprint density at radius 1 is 1.07 bits per heavy atom. The number of anilines is 1. The van der Waals surface area contributed by atoms with Crippen molar-refractivity contribution in [3.63, 3.8) is 0 Å². The summed E-state index contributed by atoms with van der Waals surface area (Å²) in [5.74, 6) is 0. The predicted octanol–water partition coefficient (Wildman–Crippen LogP) is 3.31. The van der Waals surface area contributed by atoms with E-state index in [-0.39, 0.29) is 5.41 Å². The number of rotatable bonds is 3. The first kappa shape index (κ1) is 12.3. The molecule has 0 saturated carbocycles. The van der Waals surface area contributed by atoms with Gasteiger partial charge in [0, 0.05) is 0 Å². The van der Waals surface area contributed by atoms with Crippen molar-refractivity contribution in [2.45, 2.75) is 39.3 Å². The summed E-state index contributed by atoms with van der Waals surface area (Å²) in [6.07, 6.45) is 0. The maximum Gasteiger partial charge on any atom is 0.208 e. The first-order valence-corrected chi connectivity index (χ1v) is 8.20. The topological polar surface area (TPSA) is 21.3 Å². The summed E-state index contributed by atoms with van der Waals surface area (Å²) in [7, 11) is -0.997. The Morgan fingerprint density at radius 2 is 1.60 bits per heavy atom. The molecule has 3 heteroatoms. The third kappa shape index (κ3) is 4.06. The molecule has 0 heterocycles. The lowest BCUT2D eigenvalue weighted by Gasteiger charge is -2.19. The molecule has 0 amide bonds. The largest absolute Gasteiger partial charge is 0.326 e. The summed E-state index contributed by atoms with van der Waals surface area (Å²) in [6.45, 7) is 10.9. The smallest absolute Gasteiger partial charge is 0.208 e. The van der Waals surface area contributed by atoms with Crippen molar-refractivity contribution in [3.05, 3.63) is 29.8 Å². The van der Waals surface area contributed by atoms with Crippen molar-refractivity contribution >= 4 is 14.7 Å². The molecule has 0 aliphatic heterocycles. The molecule has 1 rings (SSSR count). The minimum atomic E-state index is -0.997. The fourth-order valence-corrected chi connectivity index (χ4v) is 1.60. The first-order chi connectivity index (χ1) is 6.89. The first-order valence-electron chi connectivity index (χ1n) is 5.42. The minimum Gasteiger partial charge on any atom is -0.326 e. The van der Waals surface area contributed by atoms with Gasteiger partial charge in [-0.25, -0.2) is 0 Å². The van der Waals surface area contributed by atoms with Crippen LogP contribution in [0.5, 0.6) is 0 Å². The van der Waals surface area contributed by atoms with Crippen LogP contribution in [0.3, 0.4) is 0 Å². The molecule has 0 atom stereocenters. The highest BCUT2D eigenvalue weighted by molar-refractivity contribution is 6.48. The second-order valence-electron chi connectivity index (χ2n) is 5.10. The monoisotopic (exact) mass is 223 g/mol. The van der Waals surface area contributed by atoms with Crippen LogP contribution in [0.4, 0.5) is 5.69 Å². The van der Waals surface area contributed by atoms with E-state index in [0.717, 1.165) is 5.69 Å². The van der Waals surface area contributed by atoms with Gasteiger partial charge in [-0.05, 0) is 36.2 Å². The van der Waals surface area contributed by atoms with Crippen LogP contribution in [-0.4, -0.2) is 9.04 Å².